The molecule has 1 unspecified atom stereocenters. The van der Waals surface area contributed by atoms with Gasteiger partial charge in [0.2, 0.25) is 0 Å². The zero-order valence-electron chi connectivity index (χ0n) is 10.0. The van der Waals surface area contributed by atoms with E-state index in [9.17, 15) is 9.59 Å². The number of methoxy groups -OCH3 is 1. The molecule has 0 aliphatic rings. The number of carbonyl (C=O) groups excluding carboxylic acids is 2. The number of nitrogens with one attached hydrogen (secondary N) is 4. The second kappa shape index (κ2) is 8.20. The molecule has 0 aromatic heterocycles. The van der Waals surface area contributed by atoms with Gasteiger partial charge in [-0.1, -0.05) is 0 Å². The van der Waals surface area contributed by atoms with E-state index >= 15 is 0 Å². The van der Waals surface area contributed by atoms with Crippen molar-refractivity contribution in [3.8, 4) is 0 Å². The van der Waals surface area contributed by atoms with Crippen LogP contribution in [0.3, 0.4) is 0 Å². The molecule has 8 heteroatoms. The predicted molar refractivity (Wildman–Crippen MR) is 62.5 cm³/mol. The number of urea groups is 1. The average molecular weight is 245 g/mol. The minimum Gasteiger partial charge on any atom is -0.467 e. The van der Waals surface area contributed by atoms with Gasteiger partial charge in [0.25, 0.3) is 0 Å². The van der Waals surface area contributed by atoms with Gasteiger partial charge in [-0.3, -0.25) is 5.41 Å². The second-order valence-corrected chi connectivity index (χ2v) is 3.28. The van der Waals surface area contributed by atoms with Crippen molar-refractivity contribution in [3.05, 3.63) is 0 Å². The second-order valence-electron chi connectivity index (χ2n) is 3.28. The van der Waals surface area contributed by atoms with E-state index in [0.29, 0.717) is 19.4 Å². The van der Waals surface area contributed by atoms with Gasteiger partial charge in [0.15, 0.2) is 5.96 Å². The van der Waals surface area contributed by atoms with E-state index in [1.807, 2.05) is 0 Å². The summed E-state index contributed by atoms with van der Waals surface area (Å²) in [6.45, 7) is 0.457. The molecule has 0 heterocycles. The van der Waals surface area contributed by atoms with Gasteiger partial charge >= 0.3 is 12.0 Å². The molecule has 0 fully saturated rings. The molecule has 17 heavy (non-hydrogen) atoms. The van der Waals surface area contributed by atoms with Crippen LogP contribution in [0.25, 0.3) is 0 Å². The molecule has 0 saturated carbocycles. The number of guanidine groups is 1. The quantitative estimate of drug-likeness (QED) is 0.172. The van der Waals surface area contributed by atoms with Crippen LogP contribution in [-0.2, 0) is 9.53 Å². The van der Waals surface area contributed by atoms with Gasteiger partial charge in [-0.25, -0.2) is 9.59 Å². The van der Waals surface area contributed by atoms with Crippen molar-refractivity contribution < 1.29 is 14.3 Å². The summed E-state index contributed by atoms with van der Waals surface area (Å²) in [5.74, 6) is -0.629. The van der Waals surface area contributed by atoms with E-state index in [2.05, 4.69) is 20.7 Å². The van der Waals surface area contributed by atoms with Crippen LogP contribution in [0.2, 0.25) is 0 Å². The SMILES string of the molecule is CNC(=O)NC(CCCNC(=N)N)C(=O)OC. The van der Waals surface area contributed by atoms with Crippen LogP contribution in [0.1, 0.15) is 12.8 Å². The van der Waals surface area contributed by atoms with Gasteiger partial charge in [-0.15, -0.1) is 0 Å². The van der Waals surface area contributed by atoms with Crippen molar-refractivity contribution in [2.45, 2.75) is 18.9 Å². The lowest BCUT2D eigenvalue weighted by Gasteiger charge is -2.16. The lowest BCUT2D eigenvalue weighted by atomic mass is 10.1. The smallest absolute Gasteiger partial charge is 0.328 e. The lowest BCUT2D eigenvalue weighted by molar-refractivity contribution is -0.143. The van der Waals surface area contributed by atoms with Crippen molar-refractivity contribution in [3.63, 3.8) is 0 Å². The summed E-state index contributed by atoms with van der Waals surface area (Å²) < 4.78 is 4.57. The summed E-state index contributed by atoms with van der Waals surface area (Å²) in [7, 11) is 2.72. The Morgan fingerprint density at radius 1 is 1.47 bits per heavy atom. The topological polar surface area (TPSA) is 129 Å². The number of amides is 2. The van der Waals surface area contributed by atoms with Gasteiger partial charge in [0.1, 0.15) is 6.04 Å². The Morgan fingerprint density at radius 2 is 2.12 bits per heavy atom. The normalized spacial score (nSPS) is 11.2. The monoisotopic (exact) mass is 245 g/mol. The van der Waals surface area contributed by atoms with Crippen molar-refractivity contribution in [2.24, 2.45) is 5.73 Å². The molecule has 98 valence electrons. The van der Waals surface area contributed by atoms with Crippen LogP contribution in [0, 0.1) is 5.41 Å². The molecule has 0 rings (SSSR count). The first-order chi connectivity index (χ1) is 8.01. The van der Waals surface area contributed by atoms with Crippen molar-refractivity contribution in [1.29, 1.82) is 5.41 Å². The average Bonchev–Trinajstić information content (AvgIpc) is 2.31. The van der Waals surface area contributed by atoms with Crippen LogP contribution in [0.15, 0.2) is 0 Å². The molecular formula is C9H19N5O3. The third-order valence-corrected chi connectivity index (χ3v) is 2.00. The van der Waals surface area contributed by atoms with Gasteiger partial charge in [-0.2, -0.15) is 0 Å². The number of nitrogens with two attached hydrogens (primary N) is 1. The maximum absolute atomic E-state index is 11.3. The minimum absolute atomic E-state index is 0.126. The van der Waals surface area contributed by atoms with Gasteiger partial charge < -0.3 is 26.4 Å². The largest absolute Gasteiger partial charge is 0.467 e. The Labute approximate surface area is 99.8 Å². The van der Waals surface area contributed by atoms with Gasteiger partial charge in [0.05, 0.1) is 7.11 Å². The Hall–Kier alpha value is -1.99. The highest BCUT2D eigenvalue weighted by atomic mass is 16.5. The van der Waals surface area contributed by atoms with Gasteiger partial charge in [0, 0.05) is 13.6 Å². The van der Waals surface area contributed by atoms with Crippen LogP contribution < -0.4 is 21.7 Å². The van der Waals surface area contributed by atoms with E-state index in [4.69, 9.17) is 11.1 Å². The highest BCUT2D eigenvalue weighted by Crippen LogP contribution is 1.99. The lowest BCUT2D eigenvalue weighted by Crippen LogP contribution is -2.45. The van der Waals surface area contributed by atoms with Crippen LogP contribution in [0.5, 0.6) is 0 Å². The molecule has 6 N–H and O–H groups in total. The molecule has 0 spiro atoms. The van der Waals surface area contributed by atoms with Crippen molar-refractivity contribution in [1.82, 2.24) is 16.0 Å². The highest BCUT2D eigenvalue weighted by molar-refractivity contribution is 5.83. The summed E-state index contributed by atoms with van der Waals surface area (Å²) in [5.41, 5.74) is 5.10. The number of rotatable bonds is 6. The van der Waals surface area contributed by atoms with E-state index in [1.165, 1.54) is 14.2 Å². The molecule has 2 amide bonds. The van der Waals surface area contributed by atoms with E-state index in [-0.39, 0.29) is 5.96 Å². The van der Waals surface area contributed by atoms with E-state index in [1.54, 1.807) is 0 Å². The zero-order chi connectivity index (χ0) is 13.3. The fourth-order valence-electron chi connectivity index (χ4n) is 1.15. The first-order valence-electron chi connectivity index (χ1n) is 5.15. The Morgan fingerprint density at radius 3 is 2.59 bits per heavy atom. The number of hydrogen-bond acceptors (Lipinski definition) is 4. The number of esters is 1. The third-order valence-electron chi connectivity index (χ3n) is 2.00. The zero-order valence-corrected chi connectivity index (χ0v) is 10.0. The number of ether oxygens (including phenoxy) is 1. The first-order valence-corrected chi connectivity index (χ1v) is 5.15. The minimum atomic E-state index is -0.700. The van der Waals surface area contributed by atoms with Gasteiger partial charge in [-0.05, 0) is 12.8 Å². The molecule has 8 nitrogen and oxygen atoms in total. The van der Waals surface area contributed by atoms with E-state index in [0.717, 1.165) is 0 Å². The predicted octanol–water partition coefficient (Wildman–Crippen LogP) is -1.28. The molecule has 0 aliphatic heterocycles. The Balaban J connectivity index is 4.06. The number of carbonyl (C=O) groups is 2. The fourth-order valence-corrected chi connectivity index (χ4v) is 1.15. The van der Waals surface area contributed by atoms with Crippen LogP contribution in [-0.4, -0.2) is 44.7 Å². The summed E-state index contributed by atoms with van der Waals surface area (Å²) in [6, 6.07) is -1.14. The summed E-state index contributed by atoms with van der Waals surface area (Å²) in [6.07, 6.45) is 0.976. The maximum atomic E-state index is 11.3. The Bertz CT molecular complexity index is 282. The fraction of sp³-hybridized carbons (Fsp3) is 0.667. The standard InChI is InChI=1S/C9H19N5O3/c1-12-9(16)14-6(7(15)17-2)4-3-5-13-8(10)11/h6H,3-5H2,1-2H3,(H4,10,11,13)(H2,12,14,16). The molecule has 1 atom stereocenters. The summed E-state index contributed by atoms with van der Waals surface area (Å²) >= 11 is 0. The molecule has 0 radical (unpaired) electrons. The van der Waals surface area contributed by atoms with Crippen molar-refractivity contribution >= 4 is 18.0 Å². The van der Waals surface area contributed by atoms with Crippen LogP contribution in [0.4, 0.5) is 4.79 Å². The first kappa shape index (κ1) is 15.0. The van der Waals surface area contributed by atoms with E-state index < -0.39 is 18.0 Å². The summed E-state index contributed by atoms with van der Waals surface area (Å²) in [5, 5.41) is 14.4. The van der Waals surface area contributed by atoms with Crippen molar-refractivity contribution in [2.75, 3.05) is 20.7 Å². The molecule has 0 aliphatic carbocycles. The Kier molecular flexibility index (Phi) is 7.24. The molecular weight excluding hydrogens is 226 g/mol. The summed E-state index contributed by atoms with van der Waals surface area (Å²) in [4.78, 5) is 22.4. The van der Waals surface area contributed by atoms with Crippen LogP contribution >= 0.6 is 0 Å². The molecule has 0 aromatic carbocycles. The molecule has 0 saturated heterocycles. The highest BCUT2D eigenvalue weighted by Gasteiger charge is 2.20. The molecule has 0 aromatic rings. The molecule has 0 bridgehead atoms. The number of hydrogen-bond donors (Lipinski definition) is 5. The third kappa shape index (κ3) is 6.98. The maximum Gasteiger partial charge on any atom is 0.328 e.